The quantitative estimate of drug-likeness (QED) is 0.716. The highest BCUT2D eigenvalue weighted by Crippen LogP contribution is 2.38. The molecule has 17 heavy (non-hydrogen) atoms. The molecule has 1 aromatic rings. The second kappa shape index (κ2) is 4.34. The van der Waals surface area contributed by atoms with Crippen molar-refractivity contribution < 1.29 is 0 Å². The Morgan fingerprint density at radius 1 is 1.18 bits per heavy atom. The maximum absolute atomic E-state index is 3.60. The Morgan fingerprint density at radius 2 is 2.12 bits per heavy atom. The second-order valence-corrected chi connectivity index (χ2v) is 5.79. The largest absolute Gasteiger partial charge is 0.385 e. The third-order valence-electron chi connectivity index (χ3n) is 4.36. The topological polar surface area (TPSA) is 24.1 Å². The number of piperidine rings is 1. The molecule has 0 amide bonds. The molecule has 2 heteroatoms. The van der Waals surface area contributed by atoms with Crippen LogP contribution in [0.4, 0.5) is 5.69 Å². The minimum absolute atomic E-state index is 0.504. The summed E-state index contributed by atoms with van der Waals surface area (Å²) in [7, 11) is 0. The van der Waals surface area contributed by atoms with E-state index in [9.17, 15) is 0 Å². The van der Waals surface area contributed by atoms with Gasteiger partial charge in [0.05, 0.1) is 0 Å². The van der Waals surface area contributed by atoms with Crippen LogP contribution in [-0.4, -0.2) is 19.6 Å². The highest BCUT2D eigenvalue weighted by Gasteiger charge is 2.33. The number of aryl methyl sites for hydroxylation is 1. The number of rotatable bonds is 0. The average Bonchev–Trinajstić information content (AvgIpc) is 2.49. The average molecular weight is 230 g/mol. The molecule has 1 spiro atoms. The summed E-state index contributed by atoms with van der Waals surface area (Å²) in [6.45, 7) is 5.71. The van der Waals surface area contributed by atoms with E-state index in [4.69, 9.17) is 0 Å². The first-order valence-electron chi connectivity index (χ1n) is 6.82. The van der Waals surface area contributed by atoms with Gasteiger partial charge >= 0.3 is 0 Å². The van der Waals surface area contributed by atoms with Crippen LogP contribution in [0.1, 0.15) is 30.4 Å². The van der Waals surface area contributed by atoms with Crippen molar-refractivity contribution in [1.82, 2.24) is 5.32 Å². The zero-order chi connectivity index (χ0) is 11.7. The predicted molar refractivity (Wildman–Crippen MR) is 72.5 cm³/mol. The molecule has 2 aliphatic heterocycles. The van der Waals surface area contributed by atoms with Crippen LogP contribution in [0.2, 0.25) is 0 Å². The summed E-state index contributed by atoms with van der Waals surface area (Å²) in [5.74, 6) is 0. The lowest BCUT2D eigenvalue weighted by molar-refractivity contribution is 0.198. The van der Waals surface area contributed by atoms with E-state index in [-0.39, 0.29) is 0 Å². The van der Waals surface area contributed by atoms with E-state index in [2.05, 4.69) is 35.8 Å². The summed E-state index contributed by atoms with van der Waals surface area (Å²) >= 11 is 0. The first-order valence-corrected chi connectivity index (χ1v) is 6.82. The van der Waals surface area contributed by atoms with Gasteiger partial charge in [-0.3, -0.25) is 0 Å². The van der Waals surface area contributed by atoms with E-state index >= 15 is 0 Å². The molecule has 1 unspecified atom stereocenters. The molecule has 2 nitrogen and oxygen atoms in total. The number of hydrogen-bond acceptors (Lipinski definition) is 2. The lowest BCUT2D eigenvalue weighted by Gasteiger charge is -2.37. The van der Waals surface area contributed by atoms with E-state index < -0.39 is 0 Å². The number of fused-ring (bicyclic) bond motifs is 1. The molecule has 0 saturated carbocycles. The third kappa shape index (κ3) is 2.19. The lowest BCUT2D eigenvalue weighted by atomic mass is 9.74. The van der Waals surface area contributed by atoms with Crippen LogP contribution < -0.4 is 10.6 Å². The zero-order valence-electron chi connectivity index (χ0n) is 10.7. The molecule has 0 bridgehead atoms. The summed E-state index contributed by atoms with van der Waals surface area (Å²) in [5, 5.41) is 7.19. The van der Waals surface area contributed by atoms with Gasteiger partial charge in [-0.25, -0.2) is 0 Å². The second-order valence-electron chi connectivity index (χ2n) is 5.79. The van der Waals surface area contributed by atoms with Crippen LogP contribution in [0.5, 0.6) is 0 Å². The third-order valence-corrected chi connectivity index (χ3v) is 4.36. The molecule has 0 radical (unpaired) electrons. The van der Waals surface area contributed by atoms with Gasteiger partial charge in [0.25, 0.3) is 0 Å². The Hall–Kier alpha value is -1.02. The molecule has 3 rings (SSSR count). The van der Waals surface area contributed by atoms with Crippen molar-refractivity contribution in [3.8, 4) is 0 Å². The Balaban J connectivity index is 1.92. The maximum atomic E-state index is 3.60. The molecule has 0 aromatic heterocycles. The smallest absolute Gasteiger partial charge is 0.0373 e. The normalized spacial score (nSPS) is 28.3. The molecule has 1 fully saturated rings. The van der Waals surface area contributed by atoms with E-state index in [1.54, 1.807) is 0 Å². The Bertz CT molecular complexity index is 405. The van der Waals surface area contributed by atoms with Crippen molar-refractivity contribution in [2.75, 3.05) is 25.0 Å². The lowest BCUT2D eigenvalue weighted by Crippen LogP contribution is -2.41. The van der Waals surface area contributed by atoms with Crippen molar-refractivity contribution in [3.63, 3.8) is 0 Å². The van der Waals surface area contributed by atoms with Crippen LogP contribution in [0.25, 0.3) is 0 Å². The zero-order valence-corrected chi connectivity index (χ0v) is 10.7. The van der Waals surface area contributed by atoms with Gasteiger partial charge in [-0.2, -0.15) is 0 Å². The van der Waals surface area contributed by atoms with E-state index in [0.717, 1.165) is 6.54 Å². The van der Waals surface area contributed by atoms with Crippen LogP contribution in [0.15, 0.2) is 18.2 Å². The molecule has 1 saturated heterocycles. The molecule has 2 N–H and O–H groups in total. The fraction of sp³-hybridized carbons (Fsp3) is 0.600. The van der Waals surface area contributed by atoms with Crippen LogP contribution >= 0.6 is 0 Å². The summed E-state index contributed by atoms with van der Waals surface area (Å²) in [4.78, 5) is 0. The number of nitrogens with one attached hydrogen (secondary N) is 2. The highest BCUT2D eigenvalue weighted by atomic mass is 14.9. The van der Waals surface area contributed by atoms with Crippen molar-refractivity contribution in [2.45, 2.75) is 32.6 Å². The minimum Gasteiger partial charge on any atom is -0.385 e. The van der Waals surface area contributed by atoms with Gasteiger partial charge in [0, 0.05) is 18.8 Å². The SMILES string of the molecule is Cc1ccc2c(c1)CC1(CCCNC1)CCN2. The molecule has 2 aliphatic rings. The first kappa shape index (κ1) is 11.1. The molecule has 2 heterocycles. The van der Waals surface area contributed by atoms with Gasteiger partial charge in [-0.05, 0) is 56.2 Å². The van der Waals surface area contributed by atoms with Gasteiger partial charge < -0.3 is 10.6 Å². The maximum Gasteiger partial charge on any atom is 0.0373 e. The number of anilines is 1. The summed E-state index contributed by atoms with van der Waals surface area (Å²) < 4.78 is 0. The van der Waals surface area contributed by atoms with Gasteiger partial charge in [0.1, 0.15) is 0 Å². The monoisotopic (exact) mass is 230 g/mol. The van der Waals surface area contributed by atoms with Crippen molar-refractivity contribution in [3.05, 3.63) is 29.3 Å². The standard InChI is InChI=1S/C15H22N2/c1-12-3-4-14-13(9-12)10-15(6-8-17-14)5-2-7-16-11-15/h3-4,9,16-17H,2,5-8,10-11H2,1H3. The van der Waals surface area contributed by atoms with Crippen molar-refractivity contribution >= 4 is 5.69 Å². The molecule has 1 atom stereocenters. The van der Waals surface area contributed by atoms with Crippen molar-refractivity contribution in [1.29, 1.82) is 0 Å². The molecule has 0 aliphatic carbocycles. The Kier molecular flexibility index (Phi) is 2.83. The van der Waals surface area contributed by atoms with E-state index in [1.165, 1.54) is 55.6 Å². The fourth-order valence-electron chi connectivity index (χ4n) is 3.39. The van der Waals surface area contributed by atoms with Crippen LogP contribution in [0.3, 0.4) is 0 Å². The van der Waals surface area contributed by atoms with Gasteiger partial charge in [-0.1, -0.05) is 17.7 Å². The number of benzene rings is 1. The molecule has 1 aromatic carbocycles. The van der Waals surface area contributed by atoms with Crippen LogP contribution in [0, 0.1) is 12.3 Å². The first-order chi connectivity index (χ1) is 8.27. The molecule has 92 valence electrons. The summed E-state index contributed by atoms with van der Waals surface area (Å²) in [5.41, 5.74) is 4.76. The summed E-state index contributed by atoms with van der Waals surface area (Å²) in [6, 6.07) is 6.83. The van der Waals surface area contributed by atoms with E-state index in [1.807, 2.05) is 0 Å². The van der Waals surface area contributed by atoms with Gasteiger partial charge in [0.2, 0.25) is 0 Å². The molecular weight excluding hydrogens is 208 g/mol. The highest BCUT2D eigenvalue weighted by molar-refractivity contribution is 5.54. The van der Waals surface area contributed by atoms with E-state index in [0.29, 0.717) is 5.41 Å². The summed E-state index contributed by atoms with van der Waals surface area (Å²) in [6.07, 6.45) is 5.26. The predicted octanol–water partition coefficient (Wildman–Crippen LogP) is 2.72. The molecular formula is C15H22N2. The van der Waals surface area contributed by atoms with Crippen molar-refractivity contribution in [2.24, 2.45) is 5.41 Å². The Morgan fingerprint density at radius 3 is 2.94 bits per heavy atom. The number of hydrogen-bond donors (Lipinski definition) is 2. The van der Waals surface area contributed by atoms with Gasteiger partial charge in [-0.15, -0.1) is 0 Å². The minimum atomic E-state index is 0.504. The fourth-order valence-corrected chi connectivity index (χ4v) is 3.39. The van der Waals surface area contributed by atoms with Gasteiger partial charge in [0.15, 0.2) is 0 Å². The van der Waals surface area contributed by atoms with Crippen LogP contribution in [-0.2, 0) is 6.42 Å². The Labute approximate surface area is 104 Å².